The van der Waals surface area contributed by atoms with Crippen molar-refractivity contribution in [2.75, 3.05) is 12.4 Å². The van der Waals surface area contributed by atoms with Crippen LogP contribution < -0.4 is 10.1 Å². The van der Waals surface area contributed by atoms with Crippen LogP contribution in [0.25, 0.3) is 0 Å². The quantitative estimate of drug-likeness (QED) is 0.447. The summed E-state index contributed by atoms with van der Waals surface area (Å²) in [5.74, 6) is -2.82. The zero-order valence-electron chi connectivity index (χ0n) is 20.8. The molecule has 3 amide bonds. The summed E-state index contributed by atoms with van der Waals surface area (Å²) in [6.45, 7) is 11.2. The van der Waals surface area contributed by atoms with Gasteiger partial charge >= 0.3 is 12.1 Å². The number of ketones is 1. The van der Waals surface area contributed by atoms with Gasteiger partial charge in [0.2, 0.25) is 0 Å². The molecule has 2 unspecified atom stereocenters. The molecular weight excluding hydrogens is 444 g/mol. The number of cyclic esters (lactones) is 1. The van der Waals surface area contributed by atoms with E-state index in [1.807, 2.05) is 13.8 Å². The van der Waals surface area contributed by atoms with Gasteiger partial charge in [-0.25, -0.2) is 14.5 Å². The Morgan fingerprint density at radius 1 is 1.18 bits per heavy atom. The van der Waals surface area contributed by atoms with E-state index in [1.165, 1.54) is 39.2 Å². The molecule has 1 aliphatic heterocycles. The van der Waals surface area contributed by atoms with E-state index < -0.39 is 46.7 Å². The number of Topliss-reactive ketones (excluding diaryl/α,β-unsaturated/α-hetero) is 1. The summed E-state index contributed by atoms with van der Waals surface area (Å²) in [7, 11) is 1.22. The number of methoxy groups -OCH3 is 1. The predicted octanol–water partition coefficient (Wildman–Crippen LogP) is 3.33. The predicted molar refractivity (Wildman–Crippen MR) is 122 cm³/mol. The Hall–Kier alpha value is -3.43. The van der Waals surface area contributed by atoms with E-state index in [4.69, 9.17) is 14.2 Å². The third kappa shape index (κ3) is 5.55. The number of anilines is 1. The highest BCUT2D eigenvalue weighted by atomic mass is 16.6. The van der Waals surface area contributed by atoms with E-state index in [0.717, 1.165) is 0 Å². The second-order valence-electron chi connectivity index (χ2n) is 9.60. The van der Waals surface area contributed by atoms with Gasteiger partial charge in [-0.05, 0) is 45.4 Å². The highest BCUT2D eigenvalue weighted by molar-refractivity contribution is 6.19. The summed E-state index contributed by atoms with van der Waals surface area (Å²) >= 11 is 0. The van der Waals surface area contributed by atoms with Crippen LogP contribution in [0, 0.1) is 5.41 Å². The van der Waals surface area contributed by atoms with Gasteiger partial charge in [0.1, 0.15) is 5.75 Å². The van der Waals surface area contributed by atoms with Crippen molar-refractivity contribution >= 4 is 35.3 Å². The van der Waals surface area contributed by atoms with E-state index >= 15 is 0 Å². The number of nitrogens with one attached hydrogen (secondary N) is 1. The topological polar surface area (TPSA) is 128 Å². The smallest absolute Gasteiger partial charge is 0.418 e. The molecule has 10 nitrogen and oxygen atoms in total. The fourth-order valence-electron chi connectivity index (χ4n) is 3.15. The highest BCUT2D eigenvalue weighted by Gasteiger charge is 2.55. The first-order chi connectivity index (χ1) is 15.6. The third-order valence-corrected chi connectivity index (χ3v) is 5.33. The molecule has 1 saturated heterocycles. The largest absolute Gasteiger partial charge is 0.489 e. The van der Waals surface area contributed by atoms with Crippen LogP contribution in [0.15, 0.2) is 18.2 Å². The van der Waals surface area contributed by atoms with Gasteiger partial charge in [-0.2, -0.15) is 0 Å². The minimum Gasteiger partial charge on any atom is -0.489 e. The van der Waals surface area contributed by atoms with Crippen LogP contribution in [0.3, 0.4) is 0 Å². The van der Waals surface area contributed by atoms with Crippen molar-refractivity contribution in [1.29, 1.82) is 0 Å². The Kier molecular flexibility index (Phi) is 7.75. The Labute approximate surface area is 198 Å². The van der Waals surface area contributed by atoms with Crippen LogP contribution in [-0.2, 0) is 23.9 Å². The molecule has 0 spiro atoms. The average molecular weight is 477 g/mol. The molecule has 0 aromatic heterocycles. The summed E-state index contributed by atoms with van der Waals surface area (Å²) < 4.78 is 15.7. The van der Waals surface area contributed by atoms with E-state index in [0.29, 0.717) is 11.3 Å². The van der Waals surface area contributed by atoms with Gasteiger partial charge in [-0.1, -0.05) is 27.7 Å². The van der Waals surface area contributed by atoms with E-state index in [1.54, 1.807) is 20.8 Å². The molecule has 2 atom stereocenters. The Morgan fingerprint density at radius 3 is 2.26 bits per heavy atom. The number of carbonyl (C=O) groups is 5. The molecule has 1 N–H and O–H groups in total. The van der Waals surface area contributed by atoms with Crippen LogP contribution >= 0.6 is 0 Å². The monoisotopic (exact) mass is 476 g/mol. The average Bonchev–Trinajstić information content (AvgIpc) is 2.95. The number of rotatable bonds is 8. The molecule has 34 heavy (non-hydrogen) atoms. The maximum atomic E-state index is 13.4. The molecule has 0 aliphatic carbocycles. The molecule has 1 heterocycles. The first kappa shape index (κ1) is 26.8. The van der Waals surface area contributed by atoms with Gasteiger partial charge in [0.15, 0.2) is 17.4 Å². The van der Waals surface area contributed by atoms with Crippen molar-refractivity contribution in [3.8, 4) is 5.75 Å². The maximum Gasteiger partial charge on any atom is 0.418 e. The summed E-state index contributed by atoms with van der Waals surface area (Å²) in [5.41, 5.74) is -2.38. The standard InChI is InChI=1S/C24H32N2O8/c1-9-13(2)33-16-11-10-14(20(29)32-8)12-15(16)25-19(28)17(18(27)23(3,4)5)26-21(30)24(6,7)34-22(26)31/h10-13,17H,9H2,1-8H3,(H,25,28). The summed E-state index contributed by atoms with van der Waals surface area (Å²) in [6, 6.07) is 2.52. The van der Waals surface area contributed by atoms with Crippen LogP contribution in [0.2, 0.25) is 0 Å². The van der Waals surface area contributed by atoms with Crippen molar-refractivity contribution in [3.63, 3.8) is 0 Å². The van der Waals surface area contributed by atoms with Crippen LogP contribution in [0.1, 0.15) is 65.2 Å². The lowest BCUT2D eigenvalue weighted by Crippen LogP contribution is -2.55. The van der Waals surface area contributed by atoms with Gasteiger partial charge in [0.25, 0.3) is 11.8 Å². The minimum atomic E-state index is -1.79. The van der Waals surface area contributed by atoms with Gasteiger partial charge in [-0.3, -0.25) is 14.4 Å². The molecule has 1 fully saturated rings. The Bertz CT molecular complexity index is 1010. The van der Waals surface area contributed by atoms with Crippen LogP contribution in [0.4, 0.5) is 10.5 Å². The van der Waals surface area contributed by atoms with Crippen molar-refractivity contribution in [2.45, 2.75) is 72.6 Å². The number of hydrogen-bond donors (Lipinski definition) is 1. The van der Waals surface area contributed by atoms with E-state index in [9.17, 15) is 24.0 Å². The molecule has 1 aromatic rings. The van der Waals surface area contributed by atoms with Crippen molar-refractivity contribution in [1.82, 2.24) is 4.90 Å². The molecule has 1 aromatic carbocycles. The minimum absolute atomic E-state index is 0.0826. The lowest BCUT2D eigenvalue weighted by molar-refractivity contribution is -0.145. The summed E-state index contributed by atoms with van der Waals surface area (Å²) in [5, 5.41) is 2.56. The summed E-state index contributed by atoms with van der Waals surface area (Å²) in [6.07, 6.45) is -0.643. The van der Waals surface area contributed by atoms with Gasteiger partial charge in [-0.15, -0.1) is 0 Å². The van der Waals surface area contributed by atoms with Crippen LogP contribution in [0.5, 0.6) is 5.75 Å². The molecule has 10 heteroatoms. The lowest BCUT2D eigenvalue weighted by atomic mass is 9.85. The van der Waals surface area contributed by atoms with Crippen molar-refractivity contribution < 1.29 is 38.2 Å². The lowest BCUT2D eigenvalue weighted by Gasteiger charge is -2.29. The van der Waals surface area contributed by atoms with Gasteiger partial charge in [0, 0.05) is 5.41 Å². The highest BCUT2D eigenvalue weighted by Crippen LogP contribution is 2.32. The molecular formula is C24H32N2O8. The molecule has 0 saturated carbocycles. The third-order valence-electron chi connectivity index (χ3n) is 5.33. The van der Waals surface area contributed by atoms with Gasteiger partial charge in [0.05, 0.1) is 24.5 Å². The maximum absolute atomic E-state index is 13.4. The number of nitrogens with zero attached hydrogens (tertiary/aromatic N) is 1. The molecule has 186 valence electrons. The second-order valence-corrected chi connectivity index (χ2v) is 9.60. The summed E-state index contributed by atoms with van der Waals surface area (Å²) in [4.78, 5) is 64.7. The van der Waals surface area contributed by atoms with Crippen LogP contribution in [-0.4, -0.2) is 59.4 Å². The molecule has 2 rings (SSSR count). The number of benzene rings is 1. The fraction of sp³-hybridized carbons (Fsp3) is 0.542. The van der Waals surface area contributed by atoms with E-state index in [2.05, 4.69) is 5.32 Å². The van der Waals surface area contributed by atoms with Crippen molar-refractivity contribution in [2.24, 2.45) is 5.41 Å². The number of hydrogen-bond acceptors (Lipinski definition) is 8. The first-order valence-electron chi connectivity index (χ1n) is 10.9. The molecule has 0 radical (unpaired) electrons. The number of carbonyl (C=O) groups excluding carboxylic acids is 5. The molecule has 1 aliphatic rings. The number of ether oxygens (including phenoxy) is 3. The molecule has 0 bridgehead atoms. The first-order valence-corrected chi connectivity index (χ1v) is 10.9. The zero-order chi connectivity index (χ0) is 26.0. The van der Waals surface area contributed by atoms with E-state index in [-0.39, 0.29) is 23.1 Å². The SMILES string of the molecule is CCC(C)Oc1ccc(C(=O)OC)cc1NC(=O)C(C(=O)C(C)(C)C)N1C(=O)OC(C)(C)C1=O. The van der Waals surface area contributed by atoms with Gasteiger partial charge < -0.3 is 19.5 Å². The zero-order valence-corrected chi connectivity index (χ0v) is 20.8. The van der Waals surface area contributed by atoms with Crippen molar-refractivity contribution in [3.05, 3.63) is 23.8 Å². The number of imide groups is 1. The number of amides is 3. The Morgan fingerprint density at radius 2 is 1.79 bits per heavy atom. The fourth-order valence-corrected chi connectivity index (χ4v) is 3.15. The number of esters is 1. The Balaban J connectivity index is 2.54. The second kappa shape index (κ2) is 9.82. The normalized spacial score (nSPS) is 17.0.